The van der Waals surface area contributed by atoms with Gasteiger partial charge in [0.1, 0.15) is 41.7 Å². The van der Waals surface area contributed by atoms with Crippen molar-refractivity contribution in [3.63, 3.8) is 0 Å². The van der Waals surface area contributed by atoms with E-state index in [0.29, 0.717) is 6.61 Å². The maximum absolute atomic E-state index is 11.1. The van der Waals surface area contributed by atoms with Crippen LogP contribution in [0.15, 0.2) is 77.9 Å². The van der Waals surface area contributed by atoms with Gasteiger partial charge in [0.05, 0.1) is 47.8 Å². The van der Waals surface area contributed by atoms with E-state index in [1.807, 2.05) is 72.8 Å². The maximum atomic E-state index is 11.1. The molecular formula is C30H35N3O8. The summed E-state index contributed by atoms with van der Waals surface area (Å²) in [5, 5.41) is 14.8. The van der Waals surface area contributed by atoms with Crippen LogP contribution < -0.4 is 14.2 Å². The molecule has 1 aliphatic rings. The minimum atomic E-state index is -1.28. The first kappa shape index (κ1) is 30.1. The van der Waals surface area contributed by atoms with Gasteiger partial charge < -0.3 is 38.3 Å². The molecule has 0 saturated carbocycles. The minimum absolute atomic E-state index is 0.103. The van der Waals surface area contributed by atoms with Crippen LogP contribution in [0.2, 0.25) is 0 Å². The molecule has 1 N–H and O–H groups in total. The molecule has 0 bridgehead atoms. The number of hydrogen-bond donors (Lipinski definition) is 1. The predicted octanol–water partition coefficient (Wildman–Crippen LogP) is 4.80. The second-order valence-electron chi connectivity index (χ2n) is 9.37. The lowest BCUT2D eigenvalue weighted by Crippen LogP contribution is -2.59. The average molecular weight is 566 g/mol. The molecule has 41 heavy (non-hydrogen) atoms. The second kappa shape index (κ2) is 15.2. The Labute approximate surface area is 239 Å². The molecule has 218 valence electrons. The lowest BCUT2D eigenvalue weighted by molar-refractivity contribution is -0.259. The molecule has 11 heteroatoms. The minimum Gasteiger partial charge on any atom is -0.497 e. The van der Waals surface area contributed by atoms with Crippen molar-refractivity contribution in [1.82, 2.24) is 0 Å². The highest BCUT2D eigenvalue weighted by Crippen LogP contribution is 2.29. The summed E-state index contributed by atoms with van der Waals surface area (Å²) in [6, 6.07) is 22.4. The summed E-state index contributed by atoms with van der Waals surface area (Å²) in [7, 11) is 4.81. The summed E-state index contributed by atoms with van der Waals surface area (Å²) in [4.78, 5) is 2.86. The Morgan fingerprint density at radius 1 is 0.707 bits per heavy atom. The van der Waals surface area contributed by atoms with Gasteiger partial charge in [-0.05, 0) is 58.6 Å². The zero-order valence-electron chi connectivity index (χ0n) is 23.3. The summed E-state index contributed by atoms with van der Waals surface area (Å²) in [6.45, 7) is 0.803. The number of ether oxygens (including phenoxy) is 7. The smallest absolute Gasteiger partial charge is 0.165 e. The Bertz CT molecular complexity index is 1250. The van der Waals surface area contributed by atoms with Crippen LogP contribution >= 0.6 is 0 Å². The Kier molecular flexibility index (Phi) is 11.2. The number of methoxy groups -OCH3 is 3. The summed E-state index contributed by atoms with van der Waals surface area (Å²) >= 11 is 0. The number of benzene rings is 3. The molecule has 1 aliphatic heterocycles. The first-order chi connectivity index (χ1) is 20.0. The van der Waals surface area contributed by atoms with E-state index in [1.54, 1.807) is 21.3 Å². The van der Waals surface area contributed by atoms with Crippen LogP contribution in [0.25, 0.3) is 10.4 Å². The van der Waals surface area contributed by atoms with E-state index in [1.165, 1.54) is 0 Å². The van der Waals surface area contributed by atoms with E-state index in [9.17, 15) is 5.11 Å². The monoisotopic (exact) mass is 565 g/mol. The number of aliphatic hydroxyl groups excluding tert-OH is 1. The van der Waals surface area contributed by atoms with E-state index < -0.39 is 30.6 Å². The van der Waals surface area contributed by atoms with Crippen LogP contribution in [0.5, 0.6) is 17.2 Å². The third-order valence-electron chi connectivity index (χ3n) is 6.71. The van der Waals surface area contributed by atoms with Gasteiger partial charge in [-0.1, -0.05) is 41.5 Å². The van der Waals surface area contributed by atoms with Crippen LogP contribution in [0.1, 0.15) is 16.7 Å². The molecule has 1 heterocycles. The Morgan fingerprint density at radius 2 is 1.15 bits per heavy atom. The number of nitrogens with zero attached hydrogens (tertiary/aromatic N) is 3. The standard InChI is InChI=1S/C30H35N3O8/c1-35-23-10-4-20(5-11-23)16-38-19-26-28(39-17-21-6-12-24(36-2)13-7-21)29(27(34)30(41-26)32-33-31)40-18-22-8-14-25(37-3)15-9-22/h4-15,26-30,34H,16-19H2,1-3H3/t26-,27-,28-,29-,30-/m1/s1. The van der Waals surface area contributed by atoms with Crippen molar-refractivity contribution in [1.29, 1.82) is 0 Å². The van der Waals surface area contributed by atoms with Gasteiger partial charge in [-0.15, -0.1) is 0 Å². The molecule has 0 spiro atoms. The van der Waals surface area contributed by atoms with Crippen LogP contribution in [0.4, 0.5) is 0 Å². The van der Waals surface area contributed by atoms with Gasteiger partial charge in [0.2, 0.25) is 0 Å². The molecule has 0 unspecified atom stereocenters. The number of azide groups is 1. The Balaban J connectivity index is 1.52. The van der Waals surface area contributed by atoms with E-state index in [4.69, 9.17) is 38.7 Å². The summed E-state index contributed by atoms with van der Waals surface area (Å²) in [5.41, 5.74) is 11.8. The van der Waals surface area contributed by atoms with Crippen molar-refractivity contribution in [2.75, 3.05) is 27.9 Å². The molecule has 3 aromatic carbocycles. The molecule has 1 fully saturated rings. The largest absolute Gasteiger partial charge is 0.497 e. The van der Waals surface area contributed by atoms with Crippen molar-refractivity contribution < 1.29 is 38.3 Å². The van der Waals surface area contributed by atoms with Gasteiger partial charge in [0.15, 0.2) is 6.23 Å². The summed E-state index contributed by atoms with van der Waals surface area (Å²) < 4.78 is 40.2. The van der Waals surface area contributed by atoms with Crippen LogP contribution in [0, 0.1) is 0 Å². The quantitative estimate of drug-likeness (QED) is 0.167. The van der Waals surface area contributed by atoms with Crippen molar-refractivity contribution in [2.45, 2.75) is 50.5 Å². The van der Waals surface area contributed by atoms with Gasteiger partial charge in [0, 0.05) is 4.91 Å². The zero-order chi connectivity index (χ0) is 29.0. The highest BCUT2D eigenvalue weighted by molar-refractivity contribution is 5.28. The fraction of sp³-hybridized carbons (Fsp3) is 0.400. The van der Waals surface area contributed by atoms with E-state index in [-0.39, 0.29) is 19.8 Å². The molecule has 11 nitrogen and oxygen atoms in total. The normalized spacial score (nSPS) is 22.0. The summed E-state index contributed by atoms with van der Waals surface area (Å²) in [6.07, 6.45) is -4.79. The van der Waals surface area contributed by atoms with Crippen molar-refractivity contribution in [3.05, 3.63) is 99.9 Å². The SMILES string of the molecule is COc1ccc(COC[C@H]2O[C@@H](N=[N+]=[N-])[C@H](O)[C@@H](OCc3ccc(OC)cc3)[C@@H]2OCc2ccc(OC)cc2)cc1. The third-order valence-corrected chi connectivity index (χ3v) is 6.71. The van der Waals surface area contributed by atoms with Crippen LogP contribution in [-0.4, -0.2) is 63.7 Å². The van der Waals surface area contributed by atoms with Crippen LogP contribution in [0.3, 0.4) is 0 Å². The van der Waals surface area contributed by atoms with E-state index in [0.717, 1.165) is 33.9 Å². The highest BCUT2D eigenvalue weighted by atomic mass is 16.6. The fourth-order valence-electron chi connectivity index (χ4n) is 4.42. The summed E-state index contributed by atoms with van der Waals surface area (Å²) in [5.74, 6) is 2.20. The van der Waals surface area contributed by atoms with Crippen molar-refractivity contribution in [3.8, 4) is 17.2 Å². The van der Waals surface area contributed by atoms with Gasteiger partial charge in [-0.25, -0.2) is 0 Å². The van der Waals surface area contributed by atoms with Crippen molar-refractivity contribution in [2.24, 2.45) is 5.11 Å². The molecule has 0 radical (unpaired) electrons. The molecule has 0 amide bonds. The molecule has 0 aliphatic carbocycles. The third kappa shape index (κ3) is 8.34. The Hall–Kier alpha value is -3.83. The predicted molar refractivity (Wildman–Crippen MR) is 150 cm³/mol. The lowest BCUT2D eigenvalue weighted by atomic mass is 9.97. The van der Waals surface area contributed by atoms with E-state index >= 15 is 0 Å². The second-order valence-corrected chi connectivity index (χ2v) is 9.37. The molecule has 5 atom stereocenters. The van der Waals surface area contributed by atoms with Gasteiger partial charge in [-0.2, -0.15) is 0 Å². The van der Waals surface area contributed by atoms with Crippen molar-refractivity contribution >= 4 is 0 Å². The lowest BCUT2D eigenvalue weighted by Gasteiger charge is -2.43. The molecule has 0 aromatic heterocycles. The number of hydrogen-bond acceptors (Lipinski definition) is 9. The fourth-order valence-corrected chi connectivity index (χ4v) is 4.42. The molecular weight excluding hydrogens is 530 g/mol. The Morgan fingerprint density at radius 3 is 1.59 bits per heavy atom. The zero-order valence-corrected chi connectivity index (χ0v) is 23.3. The number of aliphatic hydroxyl groups is 1. The van der Waals surface area contributed by atoms with Crippen LogP contribution in [-0.2, 0) is 38.8 Å². The topological polar surface area (TPSA) is 134 Å². The first-order valence-electron chi connectivity index (χ1n) is 13.1. The first-order valence-corrected chi connectivity index (χ1v) is 13.1. The van der Waals surface area contributed by atoms with E-state index in [2.05, 4.69) is 10.0 Å². The van der Waals surface area contributed by atoms with Gasteiger partial charge >= 0.3 is 0 Å². The molecule has 4 rings (SSSR count). The maximum Gasteiger partial charge on any atom is 0.165 e. The molecule has 1 saturated heterocycles. The highest BCUT2D eigenvalue weighted by Gasteiger charge is 2.46. The van der Waals surface area contributed by atoms with Gasteiger partial charge in [0.25, 0.3) is 0 Å². The number of rotatable bonds is 14. The average Bonchev–Trinajstić information content (AvgIpc) is 3.02. The van der Waals surface area contributed by atoms with Gasteiger partial charge in [-0.3, -0.25) is 0 Å². The molecule has 3 aromatic rings.